The van der Waals surface area contributed by atoms with Crippen LogP contribution in [0.25, 0.3) is 5.52 Å². The van der Waals surface area contributed by atoms with Crippen molar-refractivity contribution >= 4 is 17.3 Å². The predicted molar refractivity (Wildman–Crippen MR) is 108 cm³/mol. The van der Waals surface area contributed by atoms with Crippen molar-refractivity contribution in [2.75, 3.05) is 6.54 Å². The molecular formula is C22H30N4O2. The number of amides is 2. The van der Waals surface area contributed by atoms with Crippen LogP contribution >= 0.6 is 0 Å². The first-order valence-corrected chi connectivity index (χ1v) is 10.8. The summed E-state index contributed by atoms with van der Waals surface area (Å²) in [6.07, 6.45) is 11.6. The van der Waals surface area contributed by atoms with E-state index in [-0.39, 0.29) is 23.9 Å². The lowest BCUT2D eigenvalue weighted by atomic mass is 9.95. The molecule has 150 valence electrons. The summed E-state index contributed by atoms with van der Waals surface area (Å²) in [6.45, 7) is 2.89. The number of fused-ring (bicyclic) bond motifs is 1. The summed E-state index contributed by atoms with van der Waals surface area (Å²) in [7, 11) is 0. The topological polar surface area (TPSA) is 66.7 Å². The van der Waals surface area contributed by atoms with Crippen LogP contribution in [0, 0.1) is 0 Å². The third kappa shape index (κ3) is 3.64. The minimum absolute atomic E-state index is 0.0653. The van der Waals surface area contributed by atoms with E-state index in [1.165, 1.54) is 12.8 Å². The molecule has 6 heteroatoms. The van der Waals surface area contributed by atoms with Crippen LogP contribution < -0.4 is 5.32 Å². The molecule has 2 aliphatic rings. The highest BCUT2D eigenvalue weighted by Gasteiger charge is 2.31. The van der Waals surface area contributed by atoms with Crippen LogP contribution in [0.3, 0.4) is 0 Å². The second-order valence-electron chi connectivity index (χ2n) is 8.10. The summed E-state index contributed by atoms with van der Waals surface area (Å²) in [5, 5.41) is 3.14. The summed E-state index contributed by atoms with van der Waals surface area (Å²) in [5.41, 5.74) is 1.06. The number of aromatic nitrogens is 2. The number of piperidine rings is 1. The molecular weight excluding hydrogens is 352 g/mol. The van der Waals surface area contributed by atoms with Gasteiger partial charge in [-0.15, -0.1) is 0 Å². The Morgan fingerprint density at radius 3 is 2.68 bits per heavy atom. The van der Waals surface area contributed by atoms with Gasteiger partial charge in [-0.3, -0.25) is 14.0 Å². The molecule has 4 rings (SSSR count). The molecule has 6 nitrogen and oxygen atoms in total. The van der Waals surface area contributed by atoms with Gasteiger partial charge in [0.15, 0.2) is 5.69 Å². The number of carbonyl (C=O) groups is 2. The van der Waals surface area contributed by atoms with Gasteiger partial charge < -0.3 is 10.2 Å². The van der Waals surface area contributed by atoms with Crippen LogP contribution in [0.2, 0.25) is 0 Å². The zero-order chi connectivity index (χ0) is 19.5. The average Bonchev–Trinajstić information content (AvgIpc) is 3.14. The van der Waals surface area contributed by atoms with Crippen LogP contribution in [0.5, 0.6) is 0 Å². The highest BCUT2D eigenvalue weighted by molar-refractivity contribution is 6.02. The van der Waals surface area contributed by atoms with Crippen LogP contribution in [0.1, 0.15) is 85.8 Å². The van der Waals surface area contributed by atoms with Crippen molar-refractivity contribution in [2.24, 2.45) is 0 Å². The summed E-state index contributed by atoms with van der Waals surface area (Å²) < 4.78 is 1.78. The third-order valence-corrected chi connectivity index (χ3v) is 6.25. The number of pyridine rings is 1. The lowest BCUT2D eigenvalue weighted by Gasteiger charge is -2.34. The van der Waals surface area contributed by atoms with Crippen molar-refractivity contribution in [1.29, 1.82) is 0 Å². The highest BCUT2D eigenvalue weighted by Crippen LogP contribution is 2.23. The van der Waals surface area contributed by atoms with Crippen molar-refractivity contribution in [3.8, 4) is 0 Å². The van der Waals surface area contributed by atoms with Crippen LogP contribution in [0.4, 0.5) is 0 Å². The number of rotatable bonds is 4. The Morgan fingerprint density at radius 1 is 1.11 bits per heavy atom. The molecule has 1 aliphatic carbocycles. The first-order valence-electron chi connectivity index (χ1n) is 10.8. The van der Waals surface area contributed by atoms with Gasteiger partial charge in [0, 0.05) is 24.8 Å². The number of nitrogens with zero attached hydrogens (tertiary/aromatic N) is 3. The smallest absolute Gasteiger partial charge is 0.290 e. The minimum Gasteiger partial charge on any atom is -0.348 e. The highest BCUT2D eigenvalue weighted by atomic mass is 16.2. The minimum atomic E-state index is -0.166. The second kappa shape index (κ2) is 8.33. The Hall–Kier alpha value is -2.37. The fraction of sp³-hybridized carbons (Fsp3) is 0.591. The molecule has 2 aromatic rings. The van der Waals surface area contributed by atoms with E-state index < -0.39 is 0 Å². The second-order valence-corrected chi connectivity index (χ2v) is 8.10. The molecule has 28 heavy (non-hydrogen) atoms. The number of likely N-dealkylation sites (tertiary alicyclic amines) is 1. The van der Waals surface area contributed by atoms with Gasteiger partial charge in [0.25, 0.3) is 11.8 Å². The number of hydrogen-bond acceptors (Lipinski definition) is 3. The van der Waals surface area contributed by atoms with Gasteiger partial charge in [0.1, 0.15) is 0 Å². The Kier molecular flexibility index (Phi) is 5.64. The van der Waals surface area contributed by atoms with E-state index >= 15 is 0 Å². The zero-order valence-corrected chi connectivity index (χ0v) is 16.7. The molecule has 2 amide bonds. The van der Waals surface area contributed by atoms with Crippen molar-refractivity contribution in [2.45, 2.75) is 76.8 Å². The number of imidazole rings is 1. The number of carbonyl (C=O) groups excluding carboxylic acids is 2. The lowest BCUT2D eigenvalue weighted by molar-refractivity contribution is 0.0594. The quantitative estimate of drug-likeness (QED) is 0.875. The Morgan fingerprint density at radius 2 is 1.89 bits per heavy atom. The molecule has 3 heterocycles. The van der Waals surface area contributed by atoms with Gasteiger partial charge in [-0.05, 0) is 50.7 Å². The summed E-state index contributed by atoms with van der Waals surface area (Å²) in [5.74, 6) is 0.120. The number of nitrogens with one attached hydrogen (secondary N) is 1. The molecule has 1 aliphatic heterocycles. The van der Waals surface area contributed by atoms with Gasteiger partial charge in [0.2, 0.25) is 5.82 Å². The molecule has 0 radical (unpaired) electrons. The molecule has 1 unspecified atom stereocenters. The fourth-order valence-corrected chi connectivity index (χ4v) is 4.68. The van der Waals surface area contributed by atoms with E-state index in [0.29, 0.717) is 17.0 Å². The van der Waals surface area contributed by atoms with Crippen molar-refractivity contribution in [1.82, 2.24) is 19.6 Å². The van der Waals surface area contributed by atoms with E-state index in [1.807, 2.05) is 29.3 Å². The Balaban J connectivity index is 1.64. The zero-order valence-electron chi connectivity index (χ0n) is 16.7. The van der Waals surface area contributed by atoms with Gasteiger partial charge in [-0.1, -0.05) is 32.3 Å². The predicted octanol–water partition coefficient (Wildman–Crippen LogP) is 3.80. The lowest BCUT2D eigenvalue weighted by Crippen LogP contribution is -2.44. The van der Waals surface area contributed by atoms with Gasteiger partial charge >= 0.3 is 0 Å². The molecule has 0 bridgehead atoms. The molecule has 1 saturated carbocycles. The molecule has 0 aromatic carbocycles. The van der Waals surface area contributed by atoms with Gasteiger partial charge in [-0.25, -0.2) is 4.98 Å². The van der Waals surface area contributed by atoms with Gasteiger partial charge in [-0.2, -0.15) is 0 Å². The first-order chi connectivity index (χ1) is 13.7. The van der Waals surface area contributed by atoms with Crippen LogP contribution in [-0.4, -0.2) is 44.7 Å². The molecule has 0 spiro atoms. The SMILES string of the molecule is CCC1CCCCN1C(=O)c1nc(C(=O)NC2CCCCC2)c2ccccn12. The molecule has 1 saturated heterocycles. The maximum atomic E-state index is 13.3. The number of hydrogen-bond donors (Lipinski definition) is 1. The summed E-state index contributed by atoms with van der Waals surface area (Å²) >= 11 is 0. The molecule has 1 atom stereocenters. The third-order valence-electron chi connectivity index (χ3n) is 6.25. The average molecular weight is 383 g/mol. The van der Waals surface area contributed by atoms with E-state index in [1.54, 1.807) is 4.40 Å². The van der Waals surface area contributed by atoms with Crippen LogP contribution in [0.15, 0.2) is 24.4 Å². The van der Waals surface area contributed by atoms with Gasteiger partial charge in [0.05, 0.1) is 5.52 Å². The standard InChI is InChI=1S/C22H30N4O2/c1-2-17-12-6-8-14-25(17)22(28)20-24-19(18-13-7-9-15-26(18)20)21(27)23-16-10-4-3-5-11-16/h7,9,13,15-17H,2-6,8,10-12,14H2,1H3,(H,23,27). The van der Waals surface area contributed by atoms with Crippen molar-refractivity contribution < 1.29 is 9.59 Å². The van der Waals surface area contributed by atoms with Crippen molar-refractivity contribution in [3.63, 3.8) is 0 Å². The van der Waals surface area contributed by atoms with E-state index in [9.17, 15) is 9.59 Å². The maximum absolute atomic E-state index is 13.3. The normalized spacial score (nSPS) is 21.0. The monoisotopic (exact) mass is 382 g/mol. The Bertz CT molecular complexity index is 853. The van der Waals surface area contributed by atoms with E-state index in [4.69, 9.17) is 0 Å². The van der Waals surface area contributed by atoms with E-state index in [2.05, 4.69) is 17.2 Å². The molecule has 1 N–H and O–H groups in total. The first kappa shape index (κ1) is 19.0. The van der Waals surface area contributed by atoms with E-state index in [0.717, 1.165) is 51.5 Å². The molecule has 2 fully saturated rings. The van der Waals surface area contributed by atoms with Crippen molar-refractivity contribution in [3.05, 3.63) is 35.9 Å². The Labute approximate surface area is 166 Å². The van der Waals surface area contributed by atoms with Crippen LogP contribution in [-0.2, 0) is 0 Å². The molecule has 2 aromatic heterocycles. The maximum Gasteiger partial charge on any atom is 0.290 e. The largest absolute Gasteiger partial charge is 0.348 e. The fourth-order valence-electron chi connectivity index (χ4n) is 4.68. The summed E-state index contributed by atoms with van der Waals surface area (Å²) in [4.78, 5) is 32.8. The summed E-state index contributed by atoms with van der Waals surface area (Å²) in [6, 6.07) is 6.11.